The van der Waals surface area contributed by atoms with Crippen LogP contribution >= 0.6 is 0 Å². The molecule has 5 heteroatoms. The van der Waals surface area contributed by atoms with E-state index in [-0.39, 0.29) is 18.3 Å². The lowest BCUT2D eigenvalue weighted by Gasteiger charge is -2.57. The highest BCUT2D eigenvalue weighted by Gasteiger charge is 2.58. The number of ether oxygens (including phenoxy) is 1. The lowest BCUT2D eigenvalue weighted by Crippen LogP contribution is -2.59. The average molecular weight is 376 g/mol. The highest BCUT2D eigenvalue weighted by Crippen LogP contribution is 2.56. The van der Waals surface area contributed by atoms with Gasteiger partial charge in [-0.3, -0.25) is 4.79 Å². The fourth-order valence-electron chi connectivity index (χ4n) is 5.28. The third-order valence-electron chi connectivity index (χ3n) is 6.80. The lowest BCUT2D eigenvalue weighted by molar-refractivity contribution is -0.139. The first kappa shape index (κ1) is 20.4. The average Bonchev–Trinajstić information content (AvgIpc) is 3.12. The van der Waals surface area contributed by atoms with Crippen LogP contribution in [0.3, 0.4) is 0 Å². The molecule has 0 spiro atoms. The Labute approximate surface area is 161 Å². The minimum atomic E-state index is -0.798. The normalized spacial score (nSPS) is 35.8. The first-order chi connectivity index (χ1) is 13.0. The van der Waals surface area contributed by atoms with E-state index in [0.29, 0.717) is 18.8 Å². The van der Waals surface area contributed by atoms with Gasteiger partial charge in [0.1, 0.15) is 6.10 Å². The smallest absolute Gasteiger partial charge is 0.303 e. The van der Waals surface area contributed by atoms with Crippen LogP contribution in [0.15, 0.2) is 11.6 Å². The van der Waals surface area contributed by atoms with Gasteiger partial charge in [0.15, 0.2) is 0 Å². The molecule has 0 aromatic heterocycles. The Morgan fingerprint density at radius 1 is 1.37 bits per heavy atom. The van der Waals surface area contributed by atoms with Crippen molar-refractivity contribution >= 4 is 5.97 Å². The maximum Gasteiger partial charge on any atom is 0.303 e. The zero-order chi connectivity index (χ0) is 19.4. The van der Waals surface area contributed by atoms with Crippen LogP contribution in [0.2, 0.25) is 0 Å². The van der Waals surface area contributed by atoms with E-state index in [9.17, 15) is 15.0 Å². The zero-order valence-electron chi connectivity index (χ0n) is 16.2. The number of aliphatic hydroxyl groups is 2. The quantitative estimate of drug-likeness (QED) is 0.490. The SMILES string of the molecule is CO[C@]12CC[C@@H](O)[C@H](C#CC(O)CC3CCCC3)[C@H]1CC2=CCCC(=O)O. The summed E-state index contributed by atoms with van der Waals surface area (Å²) in [6.45, 7) is 0. The van der Waals surface area contributed by atoms with Crippen molar-refractivity contribution in [2.24, 2.45) is 17.8 Å². The van der Waals surface area contributed by atoms with Crippen molar-refractivity contribution in [2.45, 2.75) is 82.0 Å². The van der Waals surface area contributed by atoms with Gasteiger partial charge in [0.05, 0.1) is 17.6 Å². The molecule has 3 aliphatic rings. The number of carbonyl (C=O) groups is 1. The molecule has 3 saturated carbocycles. The summed E-state index contributed by atoms with van der Waals surface area (Å²) in [7, 11) is 1.69. The molecule has 0 amide bonds. The van der Waals surface area contributed by atoms with Crippen LogP contribution in [0.1, 0.15) is 64.2 Å². The summed E-state index contributed by atoms with van der Waals surface area (Å²) < 4.78 is 5.88. The maximum atomic E-state index is 10.8. The molecule has 5 atom stereocenters. The van der Waals surface area contributed by atoms with Crippen molar-refractivity contribution in [3.8, 4) is 11.8 Å². The Bertz CT molecular complexity index is 624. The monoisotopic (exact) mass is 376 g/mol. The molecule has 0 aromatic carbocycles. The van der Waals surface area contributed by atoms with E-state index >= 15 is 0 Å². The van der Waals surface area contributed by atoms with Gasteiger partial charge in [0.25, 0.3) is 0 Å². The number of methoxy groups -OCH3 is 1. The van der Waals surface area contributed by atoms with Crippen LogP contribution in [0.4, 0.5) is 0 Å². The molecular formula is C22H32O5. The predicted molar refractivity (Wildman–Crippen MR) is 102 cm³/mol. The Morgan fingerprint density at radius 3 is 2.78 bits per heavy atom. The zero-order valence-corrected chi connectivity index (χ0v) is 16.2. The van der Waals surface area contributed by atoms with Gasteiger partial charge >= 0.3 is 5.97 Å². The van der Waals surface area contributed by atoms with E-state index in [2.05, 4.69) is 11.8 Å². The molecule has 3 rings (SSSR count). The van der Waals surface area contributed by atoms with Crippen molar-refractivity contribution in [1.82, 2.24) is 0 Å². The van der Waals surface area contributed by atoms with Gasteiger partial charge in [-0.25, -0.2) is 0 Å². The molecule has 0 saturated heterocycles. The number of hydrogen-bond acceptors (Lipinski definition) is 4. The molecule has 5 nitrogen and oxygen atoms in total. The number of fused-ring (bicyclic) bond motifs is 1. The number of carboxylic acid groups (broad SMARTS) is 1. The van der Waals surface area contributed by atoms with Gasteiger partial charge in [-0.05, 0) is 43.6 Å². The molecule has 0 aromatic rings. The van der Waals surface area contributed by atoms with Crippen molar-refractivity contribution < 1.29 is 24.9 Å². The van der Waals surface area contributed by atoms with Gasteiger partial charge in [0.2, 0.25) is 0 Å². The first-order valence-electron chi connectivity index (χ1n) is 10.3. The fraction of sp³-hybridized carbons (Fsp3) is 0.773. The molecule has 0 heterocycles. The van der Waals surface area contributed by atoms with Crippen molar-refractivity contribution in [3.63, 3.8) is 0 Å². The summed E-state index contributed by atoms with van der Waals surface area (Å²) in [5, 5.41) is 29.6. The molecule has 27 heavy (non-hydrogen) atoms. The summed E-state index contributed by atoms with van der Waals surface area (Å²) in [6.07, 6.45) is 9.22. The molecular weight excluding hydrogens is 344 g/mol. The van der Waals surface area contributed by atoms with Crippen molar-refractivity contribution in [2.75, 3.05) is 7.11 Å². The molecule has 3 N–H and O–H groups in total. The minimum absolute atomic E-state index is 0.105. The number of allylic oxidation sites excluding steroid dienone is 1. The van der Waals surface area contributed by atoms with Gasteiger partial charge in [-0.15, -0.1) is 0 Å². The van der Waals surface area contributed by atoms with Crippen LogP contribution in [-0.4, -0.2) is 46.2 Å². The van der Waals surface area contributed by atoms with E-state index < -0.39 is 23.8 Å². The maximum absolute atomic E-state index is 10.8. The first-order valence-corrected chi connectivity index (χ1v) is 10.3. The Hall–Kier alpha value is -1.35. The summed E-state index contributed by atoms with van der Waals surface area (Å²) in [4.78, 5) is 10.8. The summed E-state index contributed by atoms with van der Waals surface area (Å²) in [5.41, 5.74) is 0.717. The molecule has 0 aliphatic heterocycles. The fourth-order valence-corrected chi connectivity index (χ4v) is 5.28. The van der Waals surface area contributed by atoms with Crippen LogP contribution in [-0.2, 0) is 9.53 Å². The molecule has 0 radical (unpaired) electrons. The van der Waals surface area contributed by atoms with Crippen LogP contribution in [0, 0.1) is 29.6 Å². The highest BCUT2D eigenvalue weighted by molar-refractivity contribution is 5.66. The van der Waals surface area contributed by atoms with Crippen LogP contribution < -0.4 is 0 Å². The van der Waals surface area contributed by atoms with E-state index in [4.69, 9.17) is 9.84 Å². The van der Waals surface area contributed by atoms with Crippen LogP contribution in [0.25, 0.3) is 0 Å². The van der Waals surface area contributed by atoms with Crippen molar-refractivity contribution in [1.29, 1.82) is 0 Å². The van der Waals surface area contributed by atoms with Crippen LogP contribution in [0.5, 0.6) is 0 Å². The lowest BCUT2D eigenvalue weighted by atomic mass is 9.53. The molecule has 150 valence electrons. The number of rotatable bonds is 6. The molecule has 3 fully saturated rings. The van der Waals surface area contributed by atoms with Gasteiger partial charge in [-0.2, -0.15) is 0 Å². The number of aliphatic carboxylic acids is 1. The van der Waals surface area contributed by atoms with Gasteiger partial charge in [0, 0.05) is 19.4 Å². The van der Waals surface area contributed by atoms with Gasteiger partial charge < -0.3 is 20.1 Å². The third-order valence-corrected chi connectivity index (χ3v) is 6.80. The minimum Gasteiger partial charge on any atom is -0.481 e. The van der Waals surface area contributed by atoms with Crippen molar-refractivity contribution in [3.05, 3.63) is 11.6 Å². The number of aliphatic hydroxyl groups excluding tert-OH is 2. The second-order valence-electron chi connectivity index (χ2n) is 8.39. The largest absolute Gasteiger partial charge is 0.481 e. The number of carboxylic acids is 1. The second kappa shape index (κ2) is 8.77. The van der Waals surface area contributed by atoms with E-state index in [1.807, 2.05) is 6.08 Å². The molecule has 0 bridgehead atoms. The standard InChI is InChI=1S/C22H32O5/c1-27-22-12-11-20(24)18(10-9-17(23)13-15-5-2-3-6-15)19(22)14-16(22)7-4-8-21(25)26/h7,15,17-20,23-24H,2-6,8,11-14H2,1H3,(H,25,26)/t17?,18-,19-,20-,22+/m1/s1. The third kappa shape index (κ3) is 4.39. The predicted octanol–water partition coefficient (Wildman–Crippen LogP) is 2.90. The van der Waals surface area contributed by atoms with E-state index in [0.717, 1.165) is 24.8 Å². The number of hydrogen-bond donors (Lipinski definition) is 3. The second-order valence-corrected chi connectivity index (χ2v) is 8.39. The van der Waals surface area contributed by atoms with E-state index in [1.54, 1.807) is 7.11 Å². The molecule has 1 unspecified atom stereocenters. The summed E-state index contributed by atoms with van der Waals surface area (Å²) in [6, 6.07) is 0. The Kier molecular flexibility index (Phi) is 6.62. The van der Waals surface area contributed by atoms with E-state index in [1.165, 1.54) is 25.7 Å². The van der Waals surface area contributed by atoms with Gasteiger partial charge in [-0.1, -0.05) is 43.6 Å². The Morgan fingerprint density at radius 2 is 2.11 bits per heavy atom. The highest BCUT2D eigenvalue weighted by atomic mass is 16.5. The summed E-state index contributed by atoms with van der Waals surface area (Å²) >= 11 is 0. The Balaban J connectivity index is 1.66. The molecule has 3 aliphatic carbocycles. The summed E-state index contributed by atoms with van der Waals surface area (Å²) in [5.74, 6) is 5.87. The topological polar surface area (TPSA) is 87.0 Å².